The van der Waals surface area contributed by atoms with Crippen molar-refractivity contribution in [1.29, 1.82) is 0 Å². The predicted molar refractivity (Wildman–Crippen MR) is 39.2 cm³/mol. The van der Waals surface area contributed by atoms with E-state index >= 15 is 0 Å². The molecule has 0 fully saturated rings. The van der Waals surface area contributed by atoms with E-state index < -0.39 is 25.5 Å². The van der Waals surface area contributed by atoms with Crippen LogP contribution in [0.1, 0.15) is 29.0 Å². The van der Waals surface area contributed by atoms with Crippen molar-refractivity contribution in [3.63, 3.8) is 0 Å². The van der Waals surface area contributed by atoms with Crippen LogP contribution in [0, 0.1) is 0 Å². The topological polar surface area (TPSA) is 17.1 Å². The predicted octanol–water partition coefficient (Wildman–Crippen LogP) is 2.41. The summed E-state index contributed by atoms with van der Waals surface area (Å²) in [7, 11) is -4.27. The van der Waals surface area contributed by atoms with Gasteiger partial charge in [-0.3, -0.25) is 0 Å². The molecule has 0 aromatic rings. The molecule has 0 spiro atoms. The van der Waals surface area contributed by atoms with E-state index in [1.165, 1.54) is 20.8 Å². The van der Waals surface area contributed by atoms with Crippen LogP contribution in [0.5, 0.6) is 0 Å². The van der Waals surface area contributed by atoms with Gasteiger partial charge in [-0.05, 0) is 13.2 Å². The SMILES string of the molecule is [2H]C([2H])([2H])P(=O)(C([2H])([2H])[2H])C(C)(C)C. The monoisotopic (exact) mass is 140 g/mol. The summed E-state index contributed by atoms with van der Waals surface area (Å²) in [6.45, 7) is -1.72. The Morgan fingerprint density at radius 2 is 1.75 bits per heavy atom. The van der Waals surface area contributed by atoms with E-state index in [0.29, 0.717) is 0 Å². The first-order valence-corrected chi connectivity index (χ1v) is 4.06. The smallest absolute Gasteiger partial charge is 0.0869 e. The molecule has 50 valence electrons. The normalized spacial score (nSPS) is 28.4. The maximum atomic E-state index is 12.2. The molecule has 0 aromatic heterocycles. The molecule has 8 heavy (non-hydrogen) atoms. The Kier molecular flexibility index (Phi) is 0.576. The second-order valence-electron chi connectivity index (χ2n) is 2.78. The van der Waals surface area contributed by atoms with E-state index in [1.54, 1.807) is 0 Å². The molecule has 0 amide bonds. The minimum atomic E-state index is -4.27. The first-order valence-electron chi connectivity index (χ1n) is 5.35. The number of hydrogen-bond donors (Lipinski definition) is 0. The van der Waals surface area contributed by atoms with E-state index in [1.807, 2.05) is 0 Å². The fourth-order valence-electron chi connectivity index (χ4n) is 0. The zero-order valence-corrected chi connectivity index (χ0v) is 6.25. The van der Waals surface area contributed by atoms with Crippen LogP contribution < -0.4 is 0 Å². The fraction of sp³-hybridized carbons (Fsp3) is 1.00. The first-order chi connectivity index (χ1) is 5.75. The van der Waals surface area contributed by atoms with Crippen molar-refractivity contribution in [3.05, 3.63) is 0 Å². The van der Waals surface area contributed by atoms with Gasteiger partial charge in [0.05, 0.1) is 7.14 Å². The molecule has 0 unspecified atom stereocenters. The van der Waals surface area contributed by atoms with Gasteiger partial charge >= 0.3 is 0 Å². The molecule has 1 nitrogen and oxygen atoms in total. The lowest BCUT2D eigenvalue weighted by molar-refractivity contribution is 0.558. The van der Waals surface area contributed by atoms with Crippen molar-refractivity contribution in [2.45, 2.75) is 25.9 Å². The van der Waals surface area contributed by atoms with E-state index in [4.69, 9.17) is 8.22 Å². The highest BCUT2D eigenvalue weighted by molar-refractivity contribution is 7.63. The summed E-state index contributed by atoms with van der Waals surface area (Å²) < 4.78 is 54.8. The van der Waals surface area contributed by atoms with Crippen LogP contribution in [0.3, 0.4) is 0 Å². The lowest BCUT2D eigenvalue weighted by atomic mass is 10.3. The first kappa shape index (κ1) is 2.46. The van der Waals surface area contributed by atoms with E-state index in [-0.39, 0.29) is 0 Å². The third-order valence-electron chi connectivity index (χ3n) is 0.945. The Labute approximate surface area is 60.3 Å². The largest absolute Gasteiger partial charge is 0.324 e. The van der Waals surface area contributed by atoms with Crippen molar-refractivity contribution in [3.8, 4) is 0 Å². The zero-order valence-electron chi connectivity index (χ0n) is 11.4. The van der Waals surface area contributed by atoms with Crippen molar-refractivity contribution in [2.24, 2.45) is 0 Å². The van der Waals surface area contributed by atoms with Crippen LogP contribution in [-0.2, 0) is 4.57 Å². The van der Waals surface area contributed by atoms with Gasteiger partial charge in [0.25, 0.3) is 0 Å². The van der Waals surface area contributed by atoms with Crippen molar-refractivity contribution in [2.75, 3.05) is 13.2 Å². The lowest BCUT2D eigenvalue weighted by Gasteiger charge is -2.23. The van der Waals surface area contributed by atoms with Crippen LogP contribution in [0.4, 0.5) is 0 Å². The minimum absolute atomic E-state index is 1.25. The molecule has 0 rings (SSSR count). The number of rotatable bonds is 0. The molecule has 0 aromatic carbocycles. The molecule has 0 aliphatic carbocycles. The molecule has 0 saturated heterocycles. The van der Waals surface area contributed by atoms with Crippen LogP contribution in [0.25, 0.3) is 0 Å². The highest BCUT2D eigenvalue weighted by atomic mass is 31.2. The molecule has 0 aliphatic heterocycles. The van der Waals surface area contributed by atoms with Gasteiger partial charge in [-0.15, -0.1) is 0 Å². The summed E-state index contributed by atoms with van der Waals surface area (Å²) in [5.41, 5.74) is 0. The van der Waals surface area contributed by atoms with Gasteiger partial charge < -0.3 is 4.57 Å². The van der Waals surface area contributed by atoms with Crippen LogP contribution >= 0.6 is 7.14 Å². The highest BCUT2D eigenvalue weighted by Crippen LogP contribution is 2.50. The van der Waals surface area contributed by atoms with Gasteiger partial charge in [0.15, 0.2) is 0 Å². The molecular formula is C6H15OP. The van der Waals surface area contributed by atoms with E-state index in [9.17, 15) is 4.57 Å². The molecule has 0 atom stereocenters. The van der Waals surface area contributed by atoms with Crippen molar-refractivity contribution >= 4 is 7.14 Å². The molecule has 0 saturated carbocycles. The van der Waals surface area contributed by atoms with E-state index in [0.717, 1.165) is 0 Å². The van der Waals surface area contributed by atoms with Crippen LogP contribution in [-0.4, -0.2) is 18.3 Å². The van der Waals surface area contributed by atoms with Crippen LogP contribution in [0.15, 0.2) is 0 Å². The van der Waals surface area contributed by atoms with E-state index in [2.05, 4.69) is 0 Å². The third kappa shape index (κ3) is 2.00. The van der Waals surface area contributed by atoms with Gasteiger partial charge in [-0.25, -0.2) is 0 Å². The molecule has 2 heteroatoms. The quantitative estimate of drug-likeness (QED) is 0.472. The average molecular weight is 140 g/mol. The van der Waals surface area contributed by atoms with Crippen molar-refractivity contribution < 1.29 is 12.8 Å². The lowest BCUT2D eigenvalue weighted by Crippen LogP contribution is -2.12. The molecule has 0 aliphatic rings. The zero-order chi connectivity index (χ0) is 12.0. The van der Waals surface area contributed by atoms with Gasteiger partial charge in [0, 0.05) is 13.4 Å². The minimum Gasteiger partial charge on any atom is -0.324 e. The molecule has 0 heterocycles. The molecule has 0 radical (unpaired) electrons. The summed E-state index contributed by atoms with van der Waals surface area (Å²) >= 11 is 0. The summed E-state index contributed by atoms with van der Waals surface area (Å²) in [5.74, 6) is 0. The maximum absolute atomic E-state index is 12.2. The standard InChI is InChI=1S/C6H15OP/c1-6(2,3)8(4,5)7/h1-5H3/i4D3,5D3. The third-order valence-corrected chi connectivity index (χ3v) is 2.83. The highest BCUT2D eigenvalue weighted by Gasteiger charge is 2.25. The molecule has 0 bridgehead atoms. The molecule has 0 N–H and O–H groups in total. The molecular weight excluding hydrogens is 119 g/mol. The fourth-order valence-corrected chi connectivity index (χ4v) is 0. The van der Waals surface area contributed by atoms with Gasteiger partial charge in [0.2, 0.25) is 0 Å². The maximum Gasteiger partial charge on any atom is 0.0869 e. The summed E-state index contributed by atoms with van der Waals surface area (Å²) in [6, 6.07) is 0. The van der Waals surface area contributed by atoms with Gasteiger partial charge in [0.1, 0.15) is 0 Å². The Morgan fingerprint density at radius 3 is 1.75 bits per heavy atom. The second kappa shape index (κ2) is 1.88. The van der Waals surface area contributed by atoms with Crippen LogP contribution in [0.2, 0.25) is 0 Å². The summed E-state index contributed by atoms with van der Waals surface area (Å²) in [5, 5.41) is -1.25. The second-order valence-corrected chi connectivity index (χ2v) is 5.34. The summed E-state index contributed by atoms with van der Waals surface area (Å²) in [4.78, 5) is 0. The Hall–Kier alpha value is 0.230. The summed E-state index contributed by atoms with van der Waals surface area (Å²) in [6.07, 6.45) is 0. The van der Waals surface area contributed by atoms with Gasteiger partial charge in [-0.2, -0.15) is 0 Å². The van der Waals surface area contributed by atoms with Crippen molar-refractivity contribution in [1.82, 2.24) is 0 Å². The van der Waals surface area contributed by atoms with Gasteiger partial charge in [-0.1, -0.05) is 20.8 Å². The Balaban J connectivity index is 5.69. The average Bonchev–Trinajstić information content (AvgIpc) is 1.77. The Bertz CT molecular complexity index is 214. The number of hydrogen-bond acceptors (Lipinski definition) is 1. The Morgan fingerprint density at radius 1 is 1.38 bits per heavy atom.